The van der Waals surface area contributed by atoms with Crippen molar-refractivity contribution in [2.45, 2.75) is 25.8 Å². The topological polar surface area (TPSA) is 83.9 Å². The Morgan fingerprint density at radius 2 is 2.08 bits per heavy atom. The molecule has 0 aliphatic carbocycles. The number of hydrogen-bond donors (Lipinski definition) is 1. The Hall–Kier alpha value is -2.63. The molecule has 1 heterocycles. The summed E-state index contributed by atoms with van der Waals surface area (Å²) < 4.78 is 5.35. The van der Waals surface area contributed by atoms with Gasteiger partial charge in [-0.05, 0) is 12.0 Å². The van der Waals surface area contributed by atoms with E-state index in [-0.39, 0.29) is 13.2 Å². The molecule has 0 bridgehead atoms. The lowest BCUT2D eigenvalue weighted by Crippen LogP contribution is -2.48. The summed E-state index contributed by atoms with van der Waals surface area (Å²) in [4.78, 5) is 36.6. The van der Waals surface area contributed by atoms with Crippen molar-refractivity contribution in [2.24, 2.45) is 11.3 Å². The van der Waals surface area contributed by atoms with Gasteiger partial charge in [0.15, 0.2) is 0 Å². The van der Waals surface area contributed by atoms with Gasteiger partial charge in [0.1, 0.15) is 12.3 Å². The average molecular weight is 345 g/mol. The molecule has 1 saturated heterocycles. The average Bonchev–Trinajstić information content (AvgIpc) is 2.88. The molecule has 1 aliphatic heterocycles. The Morgan fingerprint density at radius 3 is 2.64 bits per heavy atom. The Bertz CT molecular complexity index is 644. The summed E-state index contributed by atoms with van der Waals surface area (Å²) in [6.45, 7) is 5.55. The molecule has 25 heavy (non-hydrogen) atoms. The zero-order valence-corrected chi connectivity index (χ0v) is 14.3. The molecular weight excluding hydrogens is 322 g/mol. The number of nitrogens with zero attached hydrogens (tertiary/aromatic N) is 1. The van der Waals surface area contributed by atoms with Gasteiger partial charge in [-0.1, -0.05) is 43.3 Å². The second kappa shape index (κ2) is 7.96. The van der Waals surface area contributed by atoms with Crippen LogP contribution < -0.4 is 0 Å². The molecule has 6 nitrogen and oxygen atoms in total. The maximum Gasteiger partial charge on any atom is 0.408 e. The van der Waals surface area contributed by atoms with Gasteiger partial charge in [-0.25, -0.2) is 9.59 Å². The van der Waals surface area contributed by atoms with E-state index in [1.807, 2.05) is 30.3 Å². The van der Waals surface area contributed by atoms with Crippen LogP contribution >= 0.6 is 0 Å². The predicted molar refractivity (Wildman–Crippen MR) is 92.1 cm³/mol. The maximum atomic E-state index is 12.6. The van der Waals surface area contributed by atoms with E-state index in [0.29, 0.717) is 12.8 Å². The molecule has 1 aliphatic rings. The van der Waals surface area contributed by atoms with Gasteiger partial charge in [-0.3, -0.25) is 4.90 Å². The number of carboxylic acid groups (broad SMARTS) is 1. The fourth-order valence-electron chi connectivity index (χ4n) is 3.44. The van der Waals surface area contributed by atoms with Gasteiger partial charge >= 0.3 is 12.1 Å². The number of hydrogen-bond acceptors (Lipinski definition) is 4. The molecule has 1 aromatic rings. The first-order valence-electron chi connectivity index (χ1n) is 8.20. The van der Waals surface area contributed by atoms with Crippen LogP contribution in [-0.2, 0) is 20.7 Å². The lowest BCUT2D eigenvalue weighted by molar-refractivity contribution is -0.151. The quantitative estimate of drug-likeness (QED) is 0.466. The number of esters is 1. The number of rotatable bonds is 7. The van der Waals surface area contributed by atoms with E-state index in [2.05, 4.69) is 6.58 Å². The van der Waals surface area contributed by atoms with Gasteiger partial charge in [0, 0.05) is 24.3 Å². The van der Waals surface area contributed by atoms with Crippen molar-refractivity contribution in [3.05, 3.63) is 48.6 Å². The van der Waals surface area contributed by atoms with E-state index in [1.54, 1.807) is 13.0 Å². The van der Waals surface area contributed by atoms with Gasteiger partial charge < -0.3 is 14.6 Å². The largest absolute Gasteiger partial charge is 0.465 e. The fraction of sp³-hybridized carbons (Fsp3) is 0.421. The molecule has 3 atom stereocenters. The van der Waals surface area contributed by atoms with Crippen LogP contribution in [0.4, 0.5) is 4.79 Å². The number of benzene rings is 1. The molecule has 1 aromatic carbocycles. The third kappa shape index (κ3) is 3.90. The third-order valence-corrected chi connectivity index (χ3v) is 4.87. The number of likely N-dealkylation sites (tertiary alicyclic amines) is 1. The standard InChI is InChI=1S/C19H23NO5/c1-3-10-19(2)15(13-21)12-20(18(23)24)16(19)17(22)25-11-9-14-7-5-4-6-8-14/h3-8,13,15-16H,1,9-12H2,2H3,(H,23,24). The van der Waals surface area contributed by atoms with Crippen LogP contribution in [0.1, 0.15) is 18.9 Å². The molecule has 0 aromatic heterocycles. The van der Waals surface area contributed by atoms with Crippen molar-refractivity contribution < 1.29 is 24.2 Å². The first-order valence-corrected chi connectivity index (χ1v) is 8.20. The van der Waals surface area contributed by atoms with E-state index in [0.717, 1.165) is 16.7 Å². The summed E-state index contributed by atoms with van der Waals surface area (Å²) in [6, 6.07) is 8.54. The summed E-state index contributed by atoms with van der Waals surface area (Å²) in [6.07, 6.45) is 1.98. The fourth-order valence-corrected chi connectivity index (χ4v) is 3.44. The molecule has 3 unspecified atom stereocenters. The molecule has 2 rings (SSSR count). The van der Waals surface area contributed by atoms with E-state index in [4.69, 9.17) is 4.74 Å². The van der Waals surface area contributed by atoms with Crippen LogP contribution in [0.25, 0.3) is 0 Å². The number of ether oxygens (including phenoxy) is 1. The predicted octanol–water partition coefficient (Wildman–Crippen LogP) is 2.53. The molecular formula is C19H23NO5. The van der Waals surface area contributed by atoms with Crippen LogP contribution in [0, 0.1) is 11.3 Å². The lowest BCUT2D eigenvalue weighted by Gasteiger charge is -2.33. The van der Waals surface area contributed by atoms with Crippen molar-refractivity contribution in [3.8, 4) is 0 Å². The van der Waals surface area contributed by atoms with Crippen molar-refractivity contribution in [1.29, 1.82) is 0 Å². The van der Waals surface area contributed by atoms with Crippen molar-refractivity contribution in [1.82, 2.24) is 4.90 Å². The van der Waals surface area contributed by atoms with Crippen LogP contribution in [0.3, 0.4) is 0 Å². The lowest BCUT2D eigenvalue weighted by atomic mass is 9.73. The summed E-state index contributed by atoms with van der Waals surface area (Å²) in [5, 5.41) is 9.43. The van der Waals surface area contributed by atoms with E-state index >= 15 is 0 Å². The Kier molecular flexibility index (Phi) is 5.96. The molecule has 6 heteroatoms. The highest BCUT2D eigenvalue weighted by atomic mass is 16.5. The molecule has 1 fully saturated rings. The minimum Gasteiger partial charge on any atom is -0.465 e. The summed E-state index contributed by atoms with van der Waals surface area (Å²) in [5.74, 6) is -1.19. The van der Waals surface area contributed by atoms with Gasteiger partial charge in [0.2, 0.25) is 0 Å². The number of allylic oxidation sites excluding steroid dienone is 1. The normalized spacial score (nSPS) is 25.4. The number of carbonyl (C=O) groups excluding carboxylic acids is 2. The molecule has 0 radical (unpaired) electrons. The third-order valence-electron chi connectivity index (χ3n) is 4.87. The second-order valence-electron chi connectivity index (χ2n) is 6.48. The molecule has 1 amide bonds. The van der Waals surface area contributed by atoms with E-state index < -0.39 is 29.4 Å². The van der Waals surface area contributed by atoms with Crippen LogP contribution in [0.15, 0.2) is 43.0 Å². The highest BCUT2D eigenvalue weighted by Crippen LogP contribution is 2.44. The van der Waals surface area contributed by atoms with Gasteiger partial charge in [-0.15, -0.1) is 6.58 Å². The number of carbonyl (C=O) groups is 3. The van der Waals surface area contributed by atoms with Crippen molar-refractivity contribution in [2.75, 3.05) is 13.2 Å². The van der Waals surface area contributed by atoms with Gasteiger partial charge in [0.05, 0.1) is 6.61 Å². The molecule has 1 N–H and O–H groups in total. The minimum absolute atomic E-state index is 0.0123. The summed E-state index contributed by atoms with van der Waals surface area (Å²) >= 11 is 0. The van der Waals surface area contributed by atoms with Gasteiger partial charge in [-0.2, -0.15) is 0 Å². The smallest absolute Gasteiger partial charge is 0.408 e. The molecule has 0 saturated carbocycles. The van der Waals surface area contributed by atoms with Crippen LogP contribution in [0.2, 0.25) is 0 Å². The summed E-state index contributed by atoms with van der Waals surface area (Å²) in [5.41, 5.74) is 0.169. The number of aldehydes is 1. The Morgan fingerprint density at radius 1 is 1.40 bits per heavy atom. The van der Waals surface area contributed by atoms with E-state index in [1.165, 1.54) is 0 Å². The highest BCUT2D eigenvalue weighted by molar-refractivity contribution is 5.84. The van der Waals surface area contributed by atoms with Gasteiger partial charge in [0.25, 0.3) is 0 Å². The Balaban J connectivity index is 2.13. The van der Waals surface area contributed by atoms with Crippen molar-refractivity contribution in [3.63, 3.8) is 0 Å². The Labute approximate surface area is 147 Å². The molecule has 134 valence electrons. The maximum absolute atomic E-state index is 12.6. The monoisotopic (exact) mass is 345 g/mol. The van der Waals surface area contributed by atoms with E-state index in [9.17, 15) is 19.5 Å². The first-order chi connectivity index (χ1) is 11.9. The first kappa shape index (κ1) is 18.7. The zero-order chi connectivity index (χ0) is 18.4. The highest BCUT2D eigenvalue weighted by Gasteiger charge is 2.56. The summed E-state index contributed by atoms with van der Waals surface area (Å²) in [7, 11) is 0. The minimum atomic E-state index is -1.23. The SMILES string of the molecule is C=CCC1(C)C(C=O)CN(C(=O)O)C1C(=O)OCCc1ccccc1. The van der Waals surface area contributed by atoms with Crippen molar-refractivity contribution >= 4 is 18.3 Å². The van der Waals surface area contributed by atoms with Crippen LogP contribution in [0.5, 0.6) is 0 Å². The zero-order valence-electron chi connectivity index (χ0n) is 14.3. The van der Waals surface area contributed by atoms with Crippen LogP contribution in [-0.4, -0.2) is 47.5 Å². The second-order valence-corrected chi connectivity index (χ2v) is 6.48. The number of amides is 1. The molecule has 0 spiro atoms.